The molecular formula is C17H25NO4. The van der Waals surface area contributed by atoms with Crippen molar-refractivity contribution in [3.63, 3.8) is 0 Å². The molecule has 0 heterocycles. The van der Waals surface area contributed by atoms with Gasteiger partial charge in [-0.15, -0.1) is 0 Å². The molecule has 1 aromatic carbocycles. The average Bonchev–Trinajstić information content (AvgIpc) is 2.39. The van der Waals surface area contributed by atoms with Gasteiger partial charge in [0.2, 0.25) is 5.91 Å². The summed E-state index contributed by atoms with van der Waals surface area (Å²) in [6.07, 6.45) is -0.0665. The van der Waals surface area contributed by atoms with Gasteiger partial charge in [0.15, 0.2) is 0 Å². The first-order valence-electron chi connectivity index (χ1n) is 7.44. The minimum atomic E-state index is -0.517. The highest BCUT2D eigenvalue weighted by atomic mass is 16.5. The summed E-state index contributed by atoms with van der Waals surface area (Å²) in [5.41, 5.74) is 0.332. The Hall–Kier alpha value is -2.04. The number of anilines is 1. The Balaban J connectivity index is 3.10. The molecule has 5 nitrogen and oxygen atoms in total. The molecule has 0 unspecified atom stereocenters. The van der Waals surface area contributed by atoms with Crippen LogP contribution in [0.25, 0.3) is 0 Å². The zero-order chi connectivity index (χ0) is 16.9. The summed E-state index contributed by atoms with van der Waals surface area (Å²) >= 11 is 0. The molecule has 0 saturated carbocycles. The predicted molar refractivity (Wildman–Crippen MR) is 86.2 cm³/mol. The molecule has 1 rings (SSSR count). The van der Waals surface area contributed by atoms with Crippen molar-refractivity contribution in [2.45, 2.75) is 47.6 Å². The van der Waals surface area contributed by atoms with Gasteiger partial charge in [0.1, 0.15) is 11.3 Å². The van der Waals surface area contributed by atoms with Gasteiger partial charge >= 0.3 is 5.97 Å². The summed E-state index contributed by atoms with van der Waals surface area (Å²) in [4.78, 5) is 24.1. The number of amides is 1. The van der Waals surface area contributed by atoms with Crippen LogP contribution in [0.5, 0.6) is 5.75 Å². The molecule has 122 valence electrons. The Morgan fingerprint density at radius 1 is 1.23 bits per heavy atom. The fraction of sp³-hybridized carbons (Fsp3) is 0.529. The zero-order valence-electron chi connectivity index (χ0n) is 14.1. The predicted octanol–water partition coefficient (Wildman–Crippen LogP) is 3.64. The Labute approximate surface area is 132 Å². The molecule has 5 heteroatoms. The molecule has 1 amide bonds. The first-order chi connectivity index (χ1) is 10.1. The maximum absolute atomic E-state index is 12.1. The lowest BCUT2D eigenvalue weighted by Gasteiger charge is -2.19. The van der Waals surface area contributed by atoms with Gasteiger partial charge < -0.3 is 14.8 Å². The van der Waals surface area contributed by atoms with E-state index < -0.39 is 11.4 Å². The van der Waals surface area contributed by atoms with Crippen molar-refractivity contribution in [1.29, 1.82) is 0 Å². The quantitative estimate of drug-likeness (QED) is 0.844. The van der Waals surface area contributed by atoms with Crippen LogP contribution in [0.2, 0.25) is 0 Å². The van der Waals surface area contributed by atoms with Crippen molar-refractivity contribution in [2.24, 2.45) is 5.41 Å². The van der Waals surface area contributed by atoms with E-state index in [1.54, 1.807) is 25.1 Å². The lowest BCUT2D eigenvalue weighted by molar-refractivity contribution is -0.123. The van der Waals surface area contributed by atoms with Gasteiger partial charge in [-0.3, -0.25) is 4.79 Å². The average molecular weight is 307 g/mol. The molecule has 0 aliphatic rings. The number of hydrogen-bond donors (Lipinski definition) is 1. The summed E-state index contributed by atoms with van der Waals surface area (Å²) in [6.45, 7) is 11.2. The topological polar surface area (TPSA) is 64.6 Å². The van der Waals surface area contributed by atoms with Gasteiger partial charge in [-0.25, -0.2) is 4.79 Å². The van der Waals surface area contributed by atoms with E-state index in [-0.39, 0.29) is 18.6 Å². The van der Waals surface area contributed by atoms with Crippen molar-refractivity contribution in [1.82, 2.24) is 0 Å². The molecule has 0 atom stereocenters. The Kier molecular flexibility index (Phi) is 5.97. The van der Waals surface area contributed by atoms with E-state index in [1.807, 2.05) is 34.6 Å². The SMILES string of the molecule is CCOC(=O)c1cc(NC(=O)C(C)(C)C)ccc1OC(C)C. The Bertz CT molecular complexity index is 544. The molecule has 0 fully saturated rings. The van der Waals surface area contributed by atoms with Crippen LogP contribution in [0.15, 0.2) is 18.2 Å². The second-order valence-corrected chi connectivity index (χ2v) is 6.30. The molecule has 0 aromatic heterocycles. The highest BCUT2D eigenvalue weighted by molar-refractivity contribution is 5.98. The summed E-state index contributed by atoms with van der Waals surface area (Å²) in [5.74, 6) is -0.146. The van der Waals surface area contributed by atoms with Crippen molar-refractivity contribution >= 4 is 17.6 Å². The van der Waals surface area contributed by atoms with Crippen LogP contribution in [0.1, 0.15) is 51.9 Å². The van der Waals surface area contributed by atoms with Gasteiger partial charge in [0, 0.05) is 11.1 Å². The third-order valence-electron chi connectivity index (χ3n) is 2.78. The smallest absolute Gasteiger partial charge is 0.341 e. The lowest BCUT2D eigenvalue weighted by Crippen LogP contribution is -2.27. The summed E-state index contributed by atoms with van der Waals surface area (Å²) in [6, 6.07) is 4.97. The lowest BCUT2D eigenvalue weighted by atomic mass is 9.95. The van der Waals surface area contributed by atoms with E-state index >= 15 is 0 Å². The molecule has 0 bridgehead atoms. The second-order valence-electron chi connectivity index (χ2n) is 6.30. The first kappa shape index (κ1) is 18.0. The number of hydrogen-bond acceptors (Lipinski definition) is 4. The molecule has 1 aromatic rings. The van der Waals surface area contributed by atoms with E-state index in [0.29, 0.717) is 17.0 Å². The number of benzene rings is 1. The van der Waals surface area contributed by atoms with Gasteiger partial charge in [0.25, 0.3) is 0 Å². The molecular weight excluding hydrogens is 282 g/mol. The molecule has 22 heavy (non-hydrogen) atoms. The van der Waals surface area contributed by atoms with Crippen molar-refractivity contribution in [3.8, 4) is 5.75 Å². The maximum Gasteiger partial charge on any atom is 0.341 e. The highest BCUT2D eigenvalue weighted by Gasteiger charge is 2.22. The zero-order valence-corrected chi connectivity index (χ0v) is 14.1. The largest absolute Gasteiger partial charge is 0.490 e. The maximum atomic E-state index is 12.1. The number of ether oxygens (including phenoxy) is 2. The van der Waals surface area contributed by atoms with Gasteiger partial charge in [0.05, 0.1) is 12.7 Å². The molecule has 0 aliphatic heterocycles. The van der Waals surface area contributed by atoms with Crippen LogP contribution >= 0.6 is 0 Å². The van der Waals surface area contributed by atoms with Crippen LogP contribution in [0.4, 0.5) is 5.69 Å². The van der Waals surface area contributed by atoms with Gasteiger partial charge in [-0.2, -0.15) is 0 Å². The number of carbonyl (C=O) groups excluding carboxylic acids is 2. The monoisotopic (exact) mass is 307 g/mol. The third kappa shape index (κ3) is 5.06. The Morgan fingerprint density at radius 3 is 2.36 bits per heavy atom. The minimum absolute atomic E-state index is 0.0665. The van der Waals surface area contributed by atoms with Crippen molar-refractivity contribution < 1.29 is 19.1 Å². The van der Waals surface area contributed by atoms with Crippen LogP contribution in [0, 0.1) is 5.41 Å². The third-order valence-corrected chi connectivity index (χ3v) is 2.78. The van der Waals surface area contributed by atoms with E-state index in [4.69, 9.17) is 9.47 Å². The number of rotatable bonds is 5. The van der Waals surface area contributed by atoms with Crippen molar-refractivity contribution in [2.75, 3.05) is 11.9 Å². The standard InChI is InChI=1S/C17H25NO4/c1-7-21-15(19)13-10-12(18-16(20)17(4,5)6)8-9-14(13)22-11(2)3/h8-11H,7H2,1-6H3,(H,18,20). The first-order valence-corrected chi connectivity index (χ1v) is 7.44. The summed E-state index contributed by atoms with van der Waals surface area (Å²) in [7, 11) is 0. The second kappa shape index (κ2) is 7.29. The normalized spacial score (nSPS) is 11.2. The van der Waals surface area contributed by atoms with Crippen molar-refractivity contribution in [3.05, 3.63) is 23.8 Å². The molecule has 0 radical (unpaired) electrons. The van der Waals surface area contributed by atoms with Crippen LogP contribution < -0.4 is 10.1 Å². The van der Waals surface area contributed by atoms with Gasteiger partial charge in [-0.05, 0) is 39.0 Å². The van der Waals surface area contributed by atoms with Gasteiger partial charge in [-0.1, -0.05) is 20.8 Å². The molecule has 1 N–H and O–H groups in total. The van der Waals surface area contributed by atoms with E-state index in [9.17, 15) is 9.59 Å². The number of esters is 1. The van der Waals surface area contributed by atoms with E-state index in [0.717, 1.165) is 0 Å². The van der Waals surface area contributed by atoms with E-state index in [2.05, 4.69) is 5.32 Å². The van der Waals surface area contributed by atoms with Crippen LogP contribution in [-0.2, 0) is 9.53 Å². The summed E-state index contributed by atoms with van der Waals surface area (Å²) in [5, 5.41) is 2.80. The fourth-order valence-corrected chi connectivity index (χ4v) is 1.65. The molecule has 0 aliphatic carbocycles. The minimum Gasteiger partial charge on any atom is -0.490 e. The highest BCUT2D eigenvalue weighted by Crippen LogP contribution is 2.26. The molecule has 0 spiro atoms. The van der Waals surface area contributed by atoms with E-state index in [1.165, 1.54) is 0 Å². The molecule has 0 saturated heterocycles. The van der Waals surface area contributed by atoms with Crippen LogP contribution in [-0.4, -0.2) is 24.6 Å². The number of carbonyl (C=O) groups is 2. The summed E-state index contributed by atoms with van der Waals surface area (Å²) < 4.78 is 10.7. The number of nitrogens with one attached hydrogen (secondary N) is 1. The van der Waals surface area contributed by atoms with Crippen LogP contribution in [0.3, 0.4) is 0 Å². The Morgan fingerprint density at radius 2 is 1.86 bits per heavy atom. The fourth-order valence-electron chi connectivity index (χ4n) is 1.65.